The van der Waals surface area contributed by atoms with Crippen LogP contribution in [0.25, 0.3) is 0 Å². The molecule has 3 N–H and O–H groups in total. The van der Waals surface area contributed by atoms with E-state index in [-0.39, 0.29) is 25.7 Å². The van der Waals surface area contributed by atoms with Gasteiger partial charge in [0.05, 0.1) is 26.4 Å². The van der Waals surface area contributed by atoms with Crippen LogP contribution in [0, 0.1) is 11.8 Å². The summed E-state index contributed by atoms with van der Waals surface area (Å²) in [6.45, 7) is 9.61. The second-order valence-electron chi connectivity index (χ2n) is 29.2. The van der Waals surface area contributed by atoms with Gasteiger partial charge in [-0.25, -0.2) is 9.13 Å². The zero-order valence-corrected chi connectivity index (χ0v) is 66.8. The Hall–Kier alpha value is -2.46. The van der Waals surface area contributed by atoms with E-state index in [0.29, 0.717) is 25.7 Å². The molecule has 19 heteroatoms. The van der Waals surface area contributed by atoms with Crippen molar-refractivity contribution < 1.29 is 80.2 Å². The Kier molecular flexibility index (Phi) is 70.3. The van der Waals surface area contributed by atoms with Crippen molar-refractivity contribution in [3.63, 3.8) is 0 Å². The number of phosphoric ester groups is 2. The van der Waals surface area contributed by atoms with Gasteiger partial charge in [-0.05, 0) is 63.2 Å². The molecule has 6 atom stereocenters. The highest BCUT2D eigenvalue weighted by atomic mass is 31.2. The van der Waals surface area contributed by atoms with Gasteiger partial charge in [0.2, 0.25) is 0 Å². The Morgan fingerprint density at radius 1 is 0.330 bits per heavy atom. The van der Waals surface area contributed by atoms with Crippen LogP contribution in [0.2, 0.25) is 0 Å². The van der Waals surface area contributed by atoms with E-state index >= 15 is 0 Å². The van der Waals surface area contributed by atoms with Gasteiger partial charge < -0.3 is 33.8 Å². The van der Waals surface area contributed by atoms with Crippen LogP contribution in [-0.4, -0.2) is 96.7 Å². The lowest BCUT2D eigenvalue weighted by Crippen LogP contribution is -2.30. The average molecular weight is 1460 g/mol. The lowest BCUT2D eigenvalue weighted by Gasteiger charge is -2.21. The normalized spacial score (nSPS) is 14.3. The number of unbranched alkanes of at least 4 members (excludes halogenated alkanes) is 44. The van der Waals surface area contributed by atoms with Gasteiger partial charge in [-0.1, -0.05) is 348 Å². The zero-order valence-electron chi connectivity index (χ0n) is 65.0. The molecule has 0 radical (unpaired) electrons. The van der Waals surface area contributed by atoms with Crippen molar-refractivity contribution in [1.29, 1.82) is 0 Å². The van der Waals surface area contributed by atoms with Crippen LogP contribution >= 0.6 is 15.6 Å². The van der Waals surface area contributed by atoms with E-state index in [0.717, 1.165) is 121 Å². The minimum atomic E-state index is -4.97. The predicted octanol–water partition coefficient (Wildman–Crippen LogP) is 23.8. The summed E-state index contributed by atoms with van der Waals surface area (Å²) in [5, 5.41) is 10.6. The standard InChI is InChI=1S/C81H154O17P2/c1-7-10-12-14-16-18-20-22-24-29-33-39-45-51-57-63-78(83)91-69-76(97-81(86)66-60-54-48-41-35-31-27-26-28-32-38-44-50-56-62-74(6)9-3)71-95-99(87,88)93-67-75(82)68-94-100(89,90)96-72-77(70-92-79(84)64-58-52-46-42-36-37-43-49-55-61-73(4)5)98-80(85)65-59-53-47-40-34-30-25-23-21-19-17-15-13-11-8-2/h18,20,22,24,73-77,82H,7-17,19,21,23,25-72H2,1-6H3,(H,87,88)(H,89,90)/b20-18-,24-22-/t74?,75-,76-,77-/m1/s1. The average Bonchev–Trinajstić information content (AvgIpc) is 0.930. The predicted molar refractivity (Wildman–Crippen MR) is 409 cm³/mol. The molecule has 0 aromatic rings. The van der Waals surface area contributed by atoms with Crippen molar-refractivity contribution in [3.8, 4) is 0 Å². The molecule has 0 bridgehead atoms. The van der Waals surface area contributed by atoms with Crippen molar-refractivity contribution >= 4 is 39.5 Å². The number of phosphoric acid groups is 2. The summed E-state index contributed by atoms with van der Waals surface area (Å²) in [6.07, 6.45) is 64.4. The van der Waals surface area contributed by atoms with Crippen LogP contribution < -0.4 is 0 Å². The van der Waals surface area contributed by atoms with Gasteiger partial charge in [0.1, 0.15) is 19.3 Å². The van der Waals surface area contributed by atoms with E-state index in [1.54, 1.807) is 0 Å². The highest BCUT2D eigenvalue weighted by Gasteiger charge is 2.30. The second kappa shape index (κ2) is 72.1. The highest BCUT2D eigenvalue weighted by Crippen LogP contribution is 2.45. The van der Waals surface area contributed by atoms with Crippen molar-refractivity contribution in [3.05, 3.63) is 24.3 Å². The monoisotopic (exact) mass is 1460 g/mol. The molecule has 0 aliphatic rings. The first-order chi connectivity index (χ1) is 48.4. The van der Waals surface area contributed by atoms with E-state index in [1.807, 2.05) is 0 Å². The number of aliphatic hydroxyl groups excluding tert-OH is 1. The third kappa shape index (κ3) is 72.5. The van der Waals surface area contributed by atoms with E-state index in [4.69, 9.17) is 37.0 Å². The first kappa shape index (κ1) is 97.5. The molecule has 0 heterocycles. The largest absolute Gasteiger partial charge is 0.472 e. The first-order valence-corrected chi connectivity index (χ1v) is 44.3. The summed E-state index contributed by atoms with van der Waals surface area (Å²) in [4.78, 5) is 73.0. The van der Waals surface area contributed by atoms with Gasteiger partial charge in [0, 0.05) is 25.7 Å². The minimum Gasteiger partial charge on any atom is -0.462 e. The number of esters is 4. The molecule has 590 valence electrons. The molecule has 0 aromatic heterocycles. The quantitative estimate of drug-likeness (QED) is 0.0169. The summed E-state index contributed by atoms with van der Waals surface area (Å²) >= 11 is 0. The fourth-order valence-corrected chi connectivity index (χ4v) is 13.5. The third-order valence-corrected chi connectivity index (χ3v) is 20.6. The fourth-order valence-electron chi connectivity index (χ4n) is 12.0. The lowest BCUT2D eigenvalue weighted by molar-refractivity contribution is -0.161. The Bertz CT molecular complexity index is 2020. The maximum atomic E-state index is 13.1. The van der Waals surface area contributed by atoms with Crippen molar-refractivity contribution in [2.75, 3.05) is 39.6 Å². The van der Waals surface area contributed by atoms with Gasteiger partial charge in [-0.15, -0.1) is 0 Å². The molecule has 0 rings (SSSR count). The van der Waals surface area contributed by atoms with E-state index in [1.165, 1.54) is 199 Å². The van der Waals surface area contributed by atoms with Gasteiger partial charge in [-0.2, -0.15) is 0 Å². The fraction of sp³-hybridized carbons (Fsp3) is 0.901. The molecule has 0 aliphatic heterocycles. The number of allylic oxidation sites excluding steroid dienone is 4. The Balaban J connectivity index is 5.30. The molecular formula is C81H154O17P2. The second-order valence-corrected chi connectivity index (χ2v) is 32.1. The minimum absolute atomic E-state index is 0.101. The summed E-state index contributed by atoms with van der Waals surface area (Å²) in [5.41, 5.74) is 0. The molecule has 0 aromatic carbocycles. The topological polar surface area (TPSA) is 237 Å². The molecule has 0 spiro atoms. The van der Waals surface area contributed by atoms with E-state index < -0.39 is 97.5 Å². The van der Waals surface area contributed by atoms with Crippen LogP contribution in [-0.2, 0) is 65.4 Å². The molecule has 17 nitrogen and oxygen atoms in total. The van der Waals surface area contributed by atoms with Crippen LogP contribution in [0.3, 0.4) is 0 Å². The lowest BCUT2D eigenvalue weighted by atomic mass is 9.99. The number of hydrogen-bond acceptors (Lipinski definition) is 15. The molecule has 100 heavy (non-hydrogen) atoms. The third-order valence-electron chi connectivity index (χ3n) is 18.7. The molecule has 0 amide bonds. The van der Waals surface area contributed by atoms with Crippen LogP contribution in [0.5, 0.6) is 0 Å². The molecular weight excluding hydrogens is 1310 g/mol. The van der Waals surface area contributed by atoms with Crippen LogP contribution in [0.15, 0.2) is 24.3 Å². The molecule has 0 fully saturated rings. The summed E-state index contributed by atoms with van der Waals surface area (Å²) in [7, 11) is -9.93. The Morgan fingerprint density at radius 2 is 0.590 bits per heavy atom. The number of aliphatic hydroxyl groups is 1. The number of hydrogen-bond donors (Lipinski definition) is 3. The van der Waals surface area contributed by atoms with Crippen LogP contribution in [0.4, 0.5) is 0 Å². The number of rotatable bonds is 78. The zero-order chi connectivity index (χ0) is 73.5. The van der Waals surface area contributed by atoms with E-state index in [2.05, 4.69) is 65.8 Å². The number of carbonyl (C=O) groups is 4. The SMILES string of the molecule is CCCCCC/C=C\C=C/CCCCCCCC(=O)OC[C@H](COP(=O)(O)OC[C@@H](O)COP(=O)(O)OC[C@@H](COC(=O)CCCCCCCCCCCC(C)C)OC(=O)CCCCCCCCCCCCCCCCC)OC(=O)CCCCCCCCCCCCCCCCC(C)CC. The number of carbonyl (C=O) groups excluding carboxylic acids is 4. The van der Waals surface area contributed by atoms with Crippen molar-refractivity contribution in [2.45, 2.75) is 419 Å². The van der Waals surface area contributed by atoms with Crippen molar-refractivity contribution in [1.82, 2.24) is 0 Å². The van der Waals surface area contributed by atoms with Gasteiger partial charge in [0.15, 0.2) is 12.2 Å². The summed E-state index contributed by atoms with van der Waals surface area (Å²) in [5.74, 6) is -0.552. The highest BCUT2D eigenvalue weighted by molar-refractivity contribution is 7.47. The maximum Gasteiger partial charge on any atom is 0.472 e. The van der Waals surface area contributed by atoms with Gasteiger partial charge in [-0.3, -0.25) is 37.3 Å². The van der Waals surface area contributed by atoms with E-state index in [9.17, 15) is 43.2 Å². The molecule has 3 unspecified atom stereocenters. The molecule has 0 saturated carbocycles. The Morgan fingerprint density at radius 3 is 0.900 bits per heavy atom. The Labute approximate surface area is 612 Å². The summed E-state index contributed by atoms with van der Waals surface area (Å²) < 4.78 is 68.7. The van der Waals surface area contributed by atoms with Crippen molar-refractivity contribution in [2.24, 2.45) is 11.8 Å². The smallest absolute Gasteiger partial charge is 0.462 e. The van der Waals surface area contributed by atoms with Gasteiger partial charge in [0.25, 0.3) is 0 Å². The first-order valence-electron chi connectivity index (χ1n) is 41.3. The van der Waals surface area contributed by atoms with Crippen LogP contribution in [0.1, 0.15) is 401 Å². The molecule has 0 saturated heterocycles. The maximum absolute atomic E-state index is 13.1. The number of ether oxygens (including phenoxy) is 4. The summed E-state index contributed by atoms with van der Waals surface area (Å²) in [6, 6.07) is 0. The molecule has 0 aliphatic carbocycles. The van der Waals surface area contributed by atoms with Gasteiger partial charge >= 0.3 is 39.5 Å².